The number of anilines is 1. The van der Waals surface area contributed by atoms with Gasteiger partial charge in [-0.15, -0.1) is 0 Å². The number of rotatable bonds is 6. The highest BCUT2D eigenvalue weighted by atomic mass is 32.2. The third-order valence-corrected chi connectivity index (χ3v) is 4.37. The molecule has 0 aliphatic rings. The van der Waals surface area contributed by atoms with Gasteiger partial charge in [-0.3, -0.25) is 4.79 Å². The Bertz CT molecular complexity index is 860. The summed E-state index contributed by atoms with van der Waals surface area (Å²) in [5, 5.41) is 6.26. The molecule has 2 aromatic carbocycles. The molecule has 0 aromatic heterocycles. The Kier molecular flexibility index (Phi) is 5.70. The zero-order valence-corrected chi connectivity index (χ0v) is 14.2. The van der Waals surface area contributed by atoms with Gasteiger partial charge in [0, 0.05) is 6.26 Å². The predicted octanol–water partition coefficient (Wildman–Crippen LogP) is 2.39. The van der Waals surface area contributed by atoms with Crippen molar-refractivity contribution in [1.82, 2.24) is 0 Å². The highest BCUT2D eigenvalue weighted by molar-refractivity contribution is 7.90. The predicted molar refractivity (Wildman–Crippen MR) is 92.9 cm³/mol. The standard InChI is InChI=1S/C17H18N2O4S/c1-13-7-3-4-8-14(13)11-18-23-12-17(20)19-15-9-5-6-10-16(15)24(2,21)22/h3-11H,12H2,1-2H3,(H,19,20)/b18-11-. The maximum atomic E-state index is 11.9. The number of benzene rings is 2. The molecule has 0 atom stereocenters. The molecule has 0 bridgehead atoms. The number of aryl methyl sites for hydroxylation is 1. The molecule has 0 aliphatic heterocycles. The van der Waals surface area contributed by atoms with E-state index in [1.165, 1.54) is 18.3 Å². The third kappa shape index (κ3) is 4.92. The Hall–Kier alpha value is -2.67. The molecular formula is C17H18N2O4S. The molecule has 0 unspecified atom stereocenters. The molecule has 1 amide bonds. The quantitative estimate of drug-likeness (QED) is 0.643. The topological polar surface area (TPSA) is 84.8 Å². The second-order valence-corrected chi connectivity index (χ2v) is 7.17. The summed E-state index contributed by atoms with van der Waals surface area (Å²) in [6.45, 7) is 1.62. The third-order valence-electron chi connectivity index (χ3n) is 3.21. The Labute approximate surface area is 141 Å². The van der Waals surface area contributed by atoms with Gasteiger partial charge in [-0.05, 0) is 30.2 Å². The lowest BCUT2D eigenvalue weighted by atomic mass is 10.1. The van der Waals surface area contributed by atoms with E-state index in [4.69, 9.17) is 4.84 Å². The normalized spacial score (nSPS) is 11.4. The molecular weight excluding hydrogens is 328 g/mol. The number of hydrogen-bond acceptors (Lipinski definition) is 5. The van der Waals surface area contributed by atoms with Crippen molar-refractivity contribution in [1.29, 1.82) is 0 Å². The van der Waals surface area contributed by atoms with E-state index in [1.54, 1.807) is 12.1 Å². The highest BCUT2D eigenvalue weighted by Gasteiger charge is 2.14. The van der Waals surface area contributed by atoms with Gasteiger partial charge in [0.05, 0.1) is 16.8 Å². The SMILES string of the molecule is Cc1ccccc1/C=N\OCC(=O)Nc1ccccc1S(C)(=O)=O. The average Bonchev–Trinajstić information content (AvgIpc) is 2.52. The number of sulfone groups is 1. The molecule has 0 fully saturated rings. The van der Waals surface area contributed by atoms with Gasteiger partial charge in [0.2, 0.25) is 0 Å². The van der Waals surface area contributed by atoms with Gasteiger partial charge in [0.1, 0.15) is 0 Å². The molecule has 2 rings (SSSR count). The molecule has 0 aliphatic carbocycles. The fourth-order valence-electron chi connectivity index (χ4n) is 2.00. The fraction of sp³-hybridized carbons (Fsp3) is 0.176. The summed E-state index contributed by atoms with van der Waals surface area (Å²) in [4.78, 5) is 16.9. The van der Waals surface area contributed by atoms with Gasteiger partial charge < -0.3 is 10.2 Å². The van der Waals surface area contributed by atoms with E-state index in [2.05, 4.69) is 10.5 Å². The van der Waals surface area contributed by atoms with Gasteiger partial charge in [0.25, 0.3) is 5.91 Å². The summed E-state index contributed by atoms with van der Waals surface area (Å²) >= 11 is 0. The number of para-hydroxylation sites is 1. The second kappa shape index (κ2) is 7.74. The van der Waals surface area contributed by atoms with Crippen LogP contribution in [0.15, 0.2) is 58.6 Å². The van der Waals surface area contributed by atoms with Crippen molar-refractivity contribution >= 4 is 27.6 Å². The molecule has 0 spiro atoms. The summed E-state index contributed by atoms with van der Waals surface area (Å²) < 4.78 is 23.4. The number of amides is 1. The lowest BCUT2D eigenvalue weighted by molar-refractivity contribution is -0.120. The van der Waals surface area contributed by atoms with Crippen LogP contribution in [0.25, 0.3) is 0 Å². The minimum Gasteiger partial charge on any atom is -0.386 e. The molecule has 24 heavy (non-hydrogen) atoms. The number of nitrogens with zero attached hydrogens (tertiary/aromatic N) is 1. The number of carbonyl (C=O) groups is 1. The van der Waals surface area contributed by atoms with Crippen LogP contribution in [0, 0.1) is 6.92 Å². The number of oxime groups is 1. The van der Waals surface area contributed by atoms with Gasteiger partial charge in [0.15, 0.2) is 16.4 Å². The van der Waals surface area contributed by atoms with Crippen molar-refractivity contribution in [2.45, 2.75) is 11.8 Å². The van der Waals surface area contributed by atoms with Crippen molar-refractivity contribution in [3.63, 3.8) is 0 Å². The molecule has 0 saturated carbocycles. The summed E-state index contributed by atoms with van der Waals surface area (Å²) in [6, 6.07) is 13.8. The van der Waals surface area contributed by atoms with Crippen LogP contribution in [0.3, 0.4) is 0 Å². The van der Waals surface area contributed by atoms with Crippen molar-refractivity contribution in [3.05, 3.63) is 59.7 Å². The van der Waals surface area contributed by atoms with E-state index in [9.17, 15) is 13.2 Å². The Morgan fingerprint density at radius 1 is 1.17 bits per heavy atom. The van der Waals surface area contributed by atoms with Crippen LogP contribution in [0.4, 0.5) is 5.69 Å². The van der Waals surface area contributed by atoms with Crippen LogP contribution < -0.4 is 5.32 Å². The first-order valence-corrected chi connectivity index (χ1v) is 9.07. The molecule has 126 valence electrons. The summed E-state index contributed by atoms with van der Waals surface area (Å²) in [7, 11) is -3.43. The Morgan fingerprint density at radius 3 is 2.54 bits per heavy atom. The maximum Gasteiger partial charge on any atom is 0.265 e. The Morgan fingerprint density at radius 2 is 1.83 bits per heavy atom. The molecule has 0 heterocycles. The van der Waals surface area contributed by atoms with Crippen LogP contribution in [0.1, 0.15) is 11.1 Å². The summed E-state index contributed by atoms with van der Waals surface area (Å²) in [6.07, 6.45) is 2.61. The number of carbonyl (C=O) groups excluding carboxylic acids is 1. The molecule has 1 N–H and O–H groups in total. The number of nitrogens with one attached hydrogen (secondary N) is 1. The first-order valence-electron chi connectivity index (χ1n) is 7.18. The zero-order valence-electron chi connectivity index (χ0n) is 13.4. The molecule has 0 radical (unpaired) electrons. The van der Waals surface area contributed by atoms with Crippen molar-refractivity contribution in [2.24, 2.45) is 5.16 Å². The summed E-state index contributed by atoms with van der Waals surface area (Å²) in [5.74, 6) is -0.493. The lowest BCUT2D eigenvalue weighted by Gasteiger charge is -2.08. The van der Waals surface area contributed by atoms with Crippen molar-refractivity contribution in [2.75, 3.05) is 18.2 Å². The number of hydrogen-bond donors (Lipinski definition) is 1. The van der Waals surface area contributed by atoms with E-state index in [-0.39, 0.29) is 17.2 Å². The summed E-state index contributed by atoms with van der Waals surface area (Å²) in [5.41, 5.74) is 2.15. The highest BCUT2D eigenvalue weighted by Crippen LogP contribution is 2.20. The van der Waals surface area contributed by atoms with E-state index < -0.39 is 15.7 Å². The largest absolute Gasteiger partial charge is 0.386 e. The second-order valence-electron chi connectivity index (χ2n) is 5.18. The van der Waals surface area contributed by atoms with Crippen LogP contribution in [0.2, 0.25) is 0 Å². The molecule has 2 aromatic rings. The van der Waals surface area contributed by atoms with Gasteiger partial charge in [-0.1, -0.05) is 41.6 Å². The van der Waals surface area contributed by atoms with Gasteiger partial charge >= 0.3 is 0 Å². The zero-order chi connectivity index (χ0) is 17.6. The van der Waals surface area contributed by atoms with Crippen molar-refractivity contribution < 1.29 is 18.0 Å². The van der Waals surface area contributed by atoms with Crippen molar-refractivity contribution in [3.8, 4) is 0 Å². The van der Waals surface area contributed by atoms with Crippen LogP contribution in [0.5, 0.6) is 0 Å². The fourth-order valence-corrected chi connectivity index (χ4v) is 2.85. The first-order chi connectivity index (χ1) is 11.4. The van der Waals surface area contributed by atoms with Gasteiger partial charge in [-0.25, -0.2) is 8.42 Å². The monoisotopic (exact) mass is 346 g/mol. The van der Waals surface area contributed by atoms with Crippen LogP contribution in [-0.4, -0.2) is 33.4 Å². The average molecular weight is 346 g/mol. The lowest BCUT2D eigenvalue weighted by Crippen LogP contribution is -2.18. The van der Waals surface area contributed by atoms with Crippen LogP contribution in [-0.2, 0) is 19.5 Å². The van der Waals surface area contributed by atoms with E-state index in [0.717, 1.165) is 17.4 Å². The van der Waals surface area contributed by atoms with E-state index >= 15 is 0 Å². The Balaban J connectivity index is 1.94. The molecule has 0 saturated heterocycles. The minimum atomic E-state index is -3.43. The van der Waals surface area contributed by atoms with E-state index in [0.29, 0.717) is 0 Å². The van der Waals surface area contributed by atoms with Gasteiger partial charge in [-0.2, -0.15) is 0 Å². The molecule has 7 heteroatoms. The maximum absolute atomic E-state index is 11.9. The smallest absolute Gasteiger partial charge is 0.265 e. The van der Waals surface area contributed by atoms with Crippen LogP contribution >= 0.6 is 0 Å². The minimum absolute atomic E-state index is 0.0572. The first kappa shape index (κ1) is 17.7. The van der Waals surface area contributed by atoms with E-state index in [1.807, 2.05) is 31.2 Å². The molecule has 6 nitrogen and oxygen atoms in total.